The number of hydrogen-bond donors (Lipinski definition) is 2. The minimum absolute atomic E-state index is 0.0848. The van der Waals surface area contributed by atoms with E-state index >= 15 is 0 Å². The Kier molecular flexibility index (Phi) is 4.52. The van der Waals surface area contributed by atoms with Crippen molar-refractivity contribution in [1.82, 2.24) is 10.2 Å². The molecule has 4 rings (SSSR count). The summed E-state index contributed by atoms with van der Waals surface area (Å²) in [6.07, 6.45) is 0. The van der Waals surface area contributed by atoms with Crippen LogP contribution in [-0.4, -0.2) is 54.7 Å². The number of anilines is 2. The maximum absolute atomic E-state index is 12.6. The summed E-state index contributed by atoms with van der Waals surface area (Å²) in [5.74, 6) is -1.52. The summed E-state index contributed by atoms with van der Waals surface area (Å²) < 4.78 is 0. The summed E-state index contributed by atoms with van der Waals surface area (Å²) in [7, 11) is 0. The molecule has 0 bridgehead atoms. The van der Waals surface area contributed by atoms with Crippen LogP contribution in [-0.2, 0) is 9.59 Å². The molecule has 142 valence electrons. The second-order valence-electron chi connectivity index (χ2n) is 6.58. The molecule has 8 nitrogen and oxygen atoms in total. The first-order valence-electron chi connectivity index (χ1n) is 8.90. The molecule has 1 saturated heterocycles. The van der Waals surface area contributed by atoms with Crippen molar-refractivity contribution in [3.05, 3.63) is 59.7 Å². The van der Waals surface area contributed by atoms with Gasteiger partial charge in [0, 0.05) is 13.1 Å². The van der Waals surface area contributed by atoms with E-state index in [-0.39, 0.29) is 19.0 Å². The van der Waals surface area contributed by atoms with Crippen LogP contribution in [0.1, 0.15) is 20.7 Å². The maximum Gasteiger partial charge on any atom is 0.262 e. The van der Waals surface area contributed by atoms with Gasteiger partial charge in [-0.1, -0.05) is 24.3 Å². The number of carbonyl (C=O) groups excluding carboxylic acids is 4. The molecular weight excluding hydrogens is 360 g/mol. The highest BCUT2D eigenvalue weighted by Gasteiger charge is 2.36. The molecule has 2 aliphatic heterocycles. The molecule has 28 heavy (non-hydrogen) atoms. The molecule has 0 saturated carbocycles. The Labute approximate surface area is 161 Å². The lowest BCUT2D eigenvalue weighted by Crippen LogP contribution is -2.48. The highest BCUT2D eigenvalue weighted by atomic mass is 16.2. The van der Waals surface area contributed by atoms with Crippen molar-refractivity contribution < 1.29 is 19.2 Å². The number of hydrogen-bond acceptors (Lipinski definition) is 5. The lowest BCUT2D eigenvalue weighted by molar-refractivity contribution is -0.120. The smallest absolute Gasteiger partial charge is 0.262 e. The number of rotatable bonds is 4. The van der Waals surface area contributed by atoms with Crippen LogP contribution in [0.25, 0.3) is 0 Å². The van der Waals surface area contributed by atoms with Gasteiger partial charge in [0.25, 0.3) is 11.8 Å². The zero-order valence-electron chi connectivity index (χ0n) is 15.0. The third kappa shape index (κ3) is 3.20. The van der Waals surface area contributed by atoms with Crippen molar-refractivity contribution in [2.24, 2.45) is 0 Å². The first-order chi connectivity index (χ1) is 13.5. The van der Waals surface area contributed by atoms with Crippen LogP contribution in [0.5, 0.6) is 0 Å². The molecule has 2 heterocycles. The SMILES string of the molecule is O=C1CN(c2ccccc2NC(=O)CN2C(=O)c3ccccc3C2=O)CCN1. The quantitative estimate of drug-likeness (QED) is 0.769. The second-order valence-corrected chi connectivity index (χ2v) is 6.58. The molecule has 8 heteroatoms. The first kappa shape index (κ1) is 17.7. The fourth-order valence-corrected chi connectivity index (χ4v) is 3.42. The Morgan fingerprint density at radius 3 is 2.29 bits per heavy atom. The van der Waals surface area contributed by atoms with Gasteiger partial charge >= 0.3 is 0 Å². The summed E-state index contributed by atoms with van der Waals surface area (Å²) in [5, 5.41) is 5.52. The molecule has 1 fully saturated rings. The van der Waals surface area contributed by atoms with E-state index < -0.39 is 17.7 Å². The maximum atomic E-state index is 12.6. The predicted octanol–water partition coefficient (Wildman–Crippen LogP) is 0.857. The Morgan fingerprint density at radius 1 is 0.964 bits per heavy atom. The Morgan fingerprint density at radius 2 is 1.61 bits per heavy atom. The van der Waals surface area contributed by atoms with Crippen LogP contribution in [0, 0.1) is 0 Å². The minimum atomic E-state index is -0.483. The van der Waals surface area contributed by atoms with Gasteiger partial charge in [-0.2, -0.15) is 0 Å². The highest BCUT2D eigenvalue weighted by Crippen LogP contribution is 2.27. The van der Waals surface area contributed by atoms with Crippen LogP contribution in [0.2, 0.25) is 0 Å². The number of piperazine rings is 1. The molecule has 2 aromatic carbocycles. The molecular formula is C20H18N4O4. The molecule has 0 aromatic heterocycles. The van der Waals surface area contributed by atoms with Crippen molar-refractivity contribution in [2.75, 3.05) is 36.4 Å². The summed E-state index contributed by atoms with van der Waals surface area (Å²) in [6, 6.07) is 13.6. The number of imide groups is 1. The van der Waals surface area contributed by atoms with Gasteiger partial charge in [-0.3, -0.25) is 24.1 Å². The zero-order valence-corrected chi connectivity index (χ0v) is 15.0. The molecule has 0 unspecified atom stereocenters. The van der Waals surface area contributed by atoms with Crippen molar-refractivity contribution in [3.8, 4) is 0 Å². The largest absolute Gasteiger partial charge is 0.359 e. The molecule has 2 N–H and O–H groups in total. The van der Waals surface area contributed by atoms with Gasteiger partial charge in [0.1, 0.15) is 6.54 Å². The molecule has 2 aromatic rings. The Balaban J connectivity index is 1.49. The topological polar surface area (TPSA) is 98.8 Å². The lowest BCUT2D eigenvalue weighted by Gasteiger charge is -2.30. The molecule has 0 atom stereocenters. The normalized spacial score (nSPS) is 16.1. The Hall–Kier alpha value is -3.68. The van der Waals surface area contributed by atoms with E-state index in [2.05, 4.69) is 10.6 Å². The van der Waals surface area contributed by atoms with Gasteiger partial charge in [0.15, 0.2) is 0 Å². The van der Waals surface area contributed by atoms with Crippen LogP contribution < -0.4 is 15.5 Å². The lowest BCUT2D eigenvalue weighted by atomic mass is 10.1. The van der Waals surface area contributed by atoms with E-state index in [4.69, 9.17) is 0 Å². The molecule has 4 amide bonds. The number of para-hydroxylation sites is 2. The van der Waals surface area contributed by atoms with E-state index in [1.54, 1.807) is 36.4 Å². The van der Waals surface area contributed by atoms with Crippen LogP contribution in [0.15, 0.2) is 48.5 Å². The van der Waals surface area contributed by atoms with Crippen LogP contribution in [0.4, 0.5) is 11.4 Å². The fourth-order valence-electron chi connectivity index (χ4n) is 3.42. The summed E-state index contributed by atoms with van der Waals surface area (Å²) in [4.78, 5) is 51.9. The van der Waals surface area contributed by atoms with Gasteiger partial charge in [0.05, 0.1) is 29.0 Å². The number of nitrogens with zero attached hydrogens (tertiary/aromatic N) is 2. The van der Waals surface area contributed by atoms with Crippen LogP contribution >= 0.6 is 0 Å². The standard InChI is InChI=1S/C20H18N4O4/c25-17-11-23(10-9-21-17)16-8-4-3-7-15(16)22-18(26)12-24-19(27)13-5-1-2-6-14(13)20(24)28/h1-8H,9-12H2,(H,21,25)(H,22,26). The monoisotopic (exact) mass is 378 g/mol. The fraction of sp³-hybridized carbons (Fsp3) is 0.200. The van der Waals surface area contributed by atoms with Crippen molar-refractivity contribution >= 4 is 35.0 Å². The number of fused-ring (bicyclic) bond motifs is 1. The van der Waals surface area contributed by atoms with Gasteiger partial charge in [-0.25, -0.2) is 0 Å². The third-order valence-electron chi connectivity index (χ3n) is 4.74. The number of benzene rings is 2. The molecule has 0 spiro atoms. The van der Waals surface area contributed by atoms with Gasteiger partial charge in [0.2, 0.25) is 11.8 Å². The van der Waals surface area contributed by atoms with Crippen molar-refractivity contribution in [1.29, 1.82) is 0 Å². The van der Waals surface area contributed by atoms with E-state index in [9.17, 15) is 19.2 Å². The molecule has 0 aliphatic carbocycles. The van der Waals surface area contributed by atoms with Gasteiger partial charge in [-0.15, -0.1) is 0 Å². The zero-order chi connectivity index (χ0) is 19.7. The second kappa shape index (κ2) is 7.15. The van der Waals surface area contributed by atoms with E-state index in [1.165, 1.54) is 0 Å². The average molecular weight is 378 g/mol. The van der Waals surface area contributed by atoms with Crippen molar-refractivity contribution in [2.45, 2.75) is 0 Å². The summed E-state index contributed by atoms with van der Waals surface area (Å²) in [5.41, 5.74) is 1.85. The van der Waals surface area contributed by atoms with E-state index in [1.807, 2.05) is 17.0 Å². The number of amides is 4. The number of nitrogens with one attached hydrogen (secondary N) is 2. The summed E-state index contributed by atoms with van der Waals surface area (Å²) in [6.45, 7) is 0.972. The first-order valence-corrected chi connectivity index (χ1v) is 8.90. The molecule has 2 aliphatic rings. The van der Waals surface area contributed by atoms with Crippen molar-refractivity contribution in [3.63, 3.8) is 0 Å². The van der Waals surface area contributed by atoms with Gasteiger partial charge < -0.3 is 15.5 Å². The molecule has 0 radical (unpaired) electrons. The minimum Gasteiger partial charge on any atom is -0.359 e. The van der Waals surface area contributed by atoms with E-state index in [0.717, 1.165) is 4.90 Å². The highest BCUT2D eigenvalue weighted by molar-refractivity contribution is 6.22. The summed E-state index contributed by atoms with van der Waals surface area (Å²) >= 11 is 0. The Bertz CT molecular complexity index is 953. The van der Waals surface area contributed by atoms with E-state index in [0.29, 0.717) is 35.6 Å². The third-order valence-corrected chi connectivity index (χ3v) is 4.74. The average Bonchev–Trinajstić information content (AvgIpc) is 2.94. The van der Waals surface area contributed by atoms with Gasteiger partial charge in [-0.05, 0) is 24.3 Å². The number of carbonyl (C=O) groups is 4. The van der Waals surface area contributed by atoms with Crippen LogP contribution in [0.3, 0.4) is 0 Å². The predicted molar refractivity (Wildman–Crippen MR) is 102 cm³/mol.